The van der Waals surface area contributed by atoms with Crippen molar-refractivity contribution in [2.75, 3.05) is 26.6 Å². The van der Waals surface area contributed by atoms with Crippen molar-refractivity contribution in [1.82, 2.24) is 10.2 Å². The molecule has 1 heterocycles. The Labute approximate surface area is 161 Å². The van der Waals surface area contributed by atoms with E-state index in [0.29, 0.717) is 46.4 Å². The van der Waals surface area contributed by atoms with E-state index >= 15 is 0 Å². The summed E-state index contributed by atoms with van der Waals surface area (Å²) in [5, 5.41) is 8.67. The minimum Gasteiger partial charge on any atom is -0.497 e. The second-order valence-electron chi connectivity index (χ2n) is 6.18. The summed E-state index contributed by atoms with van der Waals surface area (Å²) in [5.41, 5.74) is 14.3. The van der Waals surface area contributed by atoms with Crippen molar-refractivity contribution in [3.05, 3.63) is 41.6 Å². The molecule has 0 aliphatic heterocycles. The highest BCUT2D eigenvalue weighted by molar-refractivity contribution is 6.08. The minimum atomic E-state index is -0.756. The van der Waals surface area contributed by atoms with Crippen LogP contribution in [-0.4, -0.2) is 37.0 Å². The van der Waals surface area contributed by atoms with E-state index in [1.54, 1.807) is 32.4 Å². The van der Waals surface area contributed by atoms with Crippen molar-refractivity contribution >= 4 is 22.5 Å². The number of alkyl halides is 1. The Hall–Kier alpha value is -3.42. The molecule has 1 aromatic heterocycles. The smallest absolute Gasteiger partial charge is 0.271 e. The monoisotopic (exact) mass is 384 g/mol. The largest absolute Gasteiger partial charge is 0.497 e. The molecule has 2 aromatic carbocycles. The lowest BCUT2D eigenvalue weighted by Crippen LogP contribution is -2.17. The maximum Gasteiger partial charge on any atom is 0.271 e. The summed E-state index contributed by atoms with van der Waals surface area (Å²) in [7, 11) is 3.12. The van der Waals surface area contributed by atoms with E-state index in [2.05, 4.69) is 10.2 Å². The Balaban J connectivity index is 2.38. The number of fused-ring (bicyclic) bond motifs is 1. The lowest BCUT2D eigenvalue weighted by molar-refractivity contribution is 0.0996. The molecule has 0 fully saturated rings. The summed E-state index contributed by atoms with van der Waals surface area (Å²) in [4.78, 5) is 11.6. The van der Waals surface area contributed by atoms with Crippen molar-refractivity contribution in [2.45, 2.75) is 12.8 Å². The quantitative estimate of drug-likeness (QED) is 0.647. The van der Waals surface area contributed by atoms with Gasteiger partial charge in [0.25, 0.3) is 5.91 Å². The summed E-state index contributed by atoms with van der Waals surface area (Å²) in [6, 6.07) is 8.96. The second-order valence-corrected chi connectivity index (χ2v) is 6.18. The van der Waals surface area contributed by atoms with Crippen LogP contribution >= 0.6 is 0 Å². The SMILES string of the molecule is COc1ccc(OC)c(-c2c(CCCF)ccc3c(N)c(C(N)=O)nnc23)c1. The van der Waals surface area contributed by atoms with Gasteiger partial charge in [0.15, 0.2) is 5.69 Å². The summed E-state index contributed by atoms with van der Waals surface area (Å²) in [6.45, 7) is -0.443. The number of ether oxygens (including phenoxy) is 2. The number of rotatable bonds is 7. The number of halogens is 1. The van der Waals surface area contributed by atoms with E-state index in [-0.39, 0.29) is 11.4 Å². The van der Waals surface area contributed by atoms with Crippen molar-refractivity contribution in [3.8, 4) is 22.6 Å². The third-order valence-corrected chi connectivity index (χ3v) is 4.55. The molecular weight excluding hydrogens is 363 g/mol. The van der Waals surface area contributed by atoms with Crippen LogP contribution in [0.5, 0.6) is 11.5 Å². The van der Waals surface area contributed by atoms with Gasteiger partial charge in [0, 0.05) is 16.5 Å². The normalized spacial score (nSPS) is 10.8. The van der Waals surface area contributed by atoms with Crippen LogP contribution < -0.4 is 20.9 Å². The number of hydrogen-bond acceptors (Lipinski definition) is 6. The highest BCUT2D eigenvalue weighted by atomic mass is 19.1. The van der Waals surface area contributed by atoms with Gasteiger partial charge in [0.2, 0.25) is 0 Å². The number of carbonyl (C=O) groups excluding carboxylic acids is 1. The van der Waals surface area contributed by atoms with E-state index < -0.39 is 12.6 Å². The summed E-state index contributed by atoms with van der Waals surface area (Å²) >= 11 is 0. The first-order chi connectivity index (χ1) is 13.5. The van der Waals surface area contributed by atoms with Gasteiger partial charge in [0.05, 0.1) is 26.6 Å². The molecule has 0 spiro atoms. The van der Waals surface area contributed by atoms with Crippen LogP contribution in [-0.2, 0) is 6.42 Å². The first-order valence-electron chi connectivity index (χ1n) is 8.67. The third-order valence-electron chi connectivity index (χ3n) is 4.55. The fraction of sp³-hybridized carbons (Fsp3) is 0.250. The number of benzene rings is 2. The molecule has 0 saturated heterocycles. The number of carbonyl (C=O) groups is 1. The molecule has 146 valence electrons. The molecule has 1 amide bonds. The highest BCUT2D eigenvalue weighted by Crippen LogP contribution is 2.40. The zero-order valence-electron chi connectivity index (χ0n) is 15.7. The van der Waals surface area contributed by atoms with Crippen LogP contribution in [0.4, 0.5) is 10.1 Å². The molecular formula is C20H21FN4O3. The van der Waals surface area contributed by atoms with Gasteiger partial charge < -0.3 is 20.9 Å². The van der Waals surface area contributed by atoms with E-state index in [1.807, 2.05) is 12.1 Å². The number of primary amides is 1. The zero-order valence-corrected chi connectivity index (χ0v) is 15.7. The number of amides is 1. The Morgan fingerprint density at radius 1 is 1.14 bits per heavy atom. The van der Waals surface area contributed by atoms with Gasteiger partial charge in [-0.05, 0) is 36.6 Å². The Morgan fingerprint density at radius 2 is 1.93 bits per heavy atom. The van der Waals surface area contributed by atoms with Crippen LogP contribution in [0.15, 0.2) is 30.3 Å². The molecule has 8 heteroatoms. The van der Waals surface area contributed by atoms with Crippen LogP contribution in [0.2, 0.25) is 0 Å². The lowest BCUT2D eigenvalue weighted by Gasteiger charge is -2.17. The molecule has 0 saturated carbocycles. The van der Waals surface area contributed by atoms with Gasteiger partial charge in [-0.2, -0.15) is 0 Å². The van der Waals surface area contributed by atoms with E-state index in [4.69, 9.17) is 20.9 Å². The zero-order chi connectivity index (χ0) is 20.3. The lowest BCUT2D eigenvalue weighted by atomic mass is 9.92. The topological polar surface area (TPSA) is 113 Å². The molecule has 0 atom stereocenters. The van der Waals surface area contributed by atoms with E-state index in [0.717, 1.165) is 5.56 Å². The number of anilines is 1. The molecule has 28 heavy (non-hydrogen) atoms. The Kier molecular flexibility index (Phi) is 5.58. The second kappa shape index (κ2) is 8.08. The Bertz CT molecular complexity index is 1040. The van der Waals surface area contributed by atoms with E-state index in [1.165, 1.54) is 0 Å². The van der Waals surface area contributed by atoms with Crippen LogP contribution in [0, 0.1) is 0 Å². The van der Waals surface area contributed by atoms with Gasteiger partial charge >= 0.3 is 0 Å². The molecule has 3 rings (SSSR count). The number of aryl methyl sites for hydroxylation is 1. The summed E-state index contributed by atoms with van der Waals surface area (Å²) < 4.78 is 23.7. The average Bonchev–Trinajstić information content (AvgIpc) is 2.71. The van der Waals surface area contributed by atoms with Gasteiger partial charge in [0.1, 0.15) is 17.0 Å². The molecule has 7 nitrogen and oxygen atoms in total. The molecule has 3 aromatic rings. The standard InChI is InChI=1S/C20H21FN4O3/c1-27-12-6-8-15(28-2)14(10-12)16-11(4-3-9-21)5-7-13-17(22)19(20(23)26)25-24-18(13)16/h5-8,10H,3-4,9H2,1-2H3,(H2,22,24)(H2,23,26). The number of nitrogen functional groups attached to an aromatic ring is 1. The summed E-state index contributed by atoms with van der Waals surface area (Å²) in [6.07, 6.45) is 0.842. The van der Waals surface area contributed by atoms with Crippen molar-refractivity contribution in [2.24, 2.45) is 5.73 Å². The maximum absolute atomic E-state index is 12.9. The van der Waals surface area contributed by atoms with Crippen LogP contribution in [0.25, 0.3) is 22.0 Å². The first-order valence-corrected chi connectivity index (χ1v) is 8.67. The third kappa shape index (κ3) is 3.40. The van der Waals surface area contributed by atoms with Crippen molar-refractivity contribution < 1.29 is 18.7 Å². The molecule has 0 bridgehead atoms. The Morgan fingerprint density at radius 3 is 2.57 bits per heavy atom. The van der Waals surface area contributed by atoms with Gasteiger partial charge in [-0.3, -0.25) is 9.18 Å². The number of nitrogens with zero attached hydrogens (tertiary/aromatic N) is 2. The van der Waals surface area contributed by atoms with Crippen molar-refractivity contribution in [1.29, 1.82) is 0 Å². The predicted octanol–water partition coefficient (Wildman–Crippen LogP) is 2.90. The number of nitrogens with two attached hydrogens (primary N) is 2. The maximum atomic E-state index is 12.9. The molecule has 0 aliphatic carbocycles. The number of hydrogen-bond donors (Lipinski definition) is 2. The minimum absolute atomic E-state index is 0.0902. The highest BCUT2D eigenvalue weighted by Gasteiger charge is 2.20. The molecule has 0 unspecified atom stereocenters. The molecule has 0 aliphatic rings. The van der Waals surface area contributed by atoms with E-state index in [9.17, 15) is 9.18 Å². The van der Waals surface area contributed by atoms with Gasteiger partial charge in [-0.25, -0.2) is 0 Å². The van der Waals surface area contributed by atoms with Crippen LogP contribution in [0.1, 0.15) is 22.5 Å². The number of methoxy groups -OCH3 is 2. The molecule has 4 N–H and O–H groups in total. The van der Waals surface area contributed by atoms with Gasteiger partial charge in [-0.15, -0.1) is 10.2 Å². The van der Waals surface area contributed by atoms with Gasteiger partial charge in [-0.1, -0.05) is 12.1 Å². The summed E-state index contributed by atoms with van der Waals surface area (Å²) in [5.74, 6) is 0.460. The first kappa shape index (κ1) is 19.3. The predicted molar refractivity (Wildman–Crippen MR) is 105 cm³/mol. The average molecular weight is 384 g/mol. The van der Waals surface area contributed by atoms with Crippen LogP contribution in [0.3, 0.4) is 0 Å². The fourth-order valence-corrected chi connectivity index (χ4v) is 3.19. The number of aromatic nitrogens is 2. The van der Waals surface area contributed by atoms with Crippen molar-refractivity contribution in [3.63, 3.8) is 0 Å². The fourth-order valence-electron chi connectivity index (χ4n) is 3.19. The molecule has 0 radical (unpaired) electrons.